The topological polar surface area (TPSA) is 12.0 Å². The lowest BCUT2D eigenvalue weighted by Gasteiger charge is -2.12. The van der Waals surface area contributed by atoms with Crippen LogP contribution in [0, 0.1) is 5.92 Å². The van der Waals surface area contributed by atoms with Crippen LogP contribution in [0.25, 0.3) is 0 Å². The summed E-state index contributed by atoms with van der Waals surface area (Å²) in [6, 6.07) is 8.95. The Morgan fingerprint density at radius 1 is 1.41 bits per heavy atom. The van der Waals surface area contributed by atoms with Gasteiger partial charge in [-0.1, -0.05) is 36.7 Å². The third kappa shape index (κ3) is 4.90. The van der Waals surface area contributed by atoms with Gasteiger partial charge in [0, 0.05) is 16.8 Å². The molecule has 1 aliphatic rings. The summed E-state index contributed by atoms with van der Waals surface area (Å²) in [7, 11) is 0. The van der Waals surface area contributed by atoms with Crippen molar-refractivity contribution in [2.75, 3.05) is 12.3 Å². The molecule has 1 aliphatic carbocycles. The van der Waals surface area contributed by atoms with E-state index in [4.69, 9.17) is 11.6 Å². The summed E-state index contributed by atoms with van der Waals surface area (Å²) in [6.45, 7) is 3.47. The molecular weight excluding hydrogens is 250 g/mol. The second-order valence-corrected chi connectivity index (χ2v) is 6.33. The molecule has 1 N–H and O–H groups in total. The fourth-order valence-corrected chi connectivity index (χ4v) is 3.09. The van der Waals surface area contributed by atoms with E-state index in [0.29, 0.717) is 0 Å². The molecule has 0 amide bonds. The van der Waals surface area contributed by atoms with Gasteiger partial charge in [-0.2, -0.15) is 11.8 Å². The largest absolute Gasteiger partial charge is 0.314 e. The lowest BCUT2D eigenvalue weighted by Crippen LogP contribution is -2.24. The quantitative estimate of drug-likeness (QED) is 0.804. The van der Waals surface area contributed by atoms with E-state index in [1.807, 2.05) is 23.9 Å². The number of hydrogen-bond acceptors (Lipinski definition) is 2. The van der Waals surface area contributed by atoms with Crippen LogP contribution in [0.3, 0.4) is 0 Å². The Labute approximate surface area is 113 Å². The van der Waals surface area contributed by atoms with Crippen molar-refractivity contribution < 1.29 is 0 Å². The number of halogens is 1. The molecule has 0 heterocycles. The molecule has 3 heteroatoms. The highest BCUT2D eigenvalue weighted by molar-refractivity contribution is 7.98. The standard InChI is InChI=1S/C14H20ClNS/c1-11(8-16-13-6-7-13)9-17-10-12-4-2-3-5-14(12)15/h2-5,11,13,16H,6-10H2,1H3. The van der Waals surface area contributed by atoms with Crippen molar-refractivity contribution in [3.05, 3.63) is 34.9 Å². The smallest absolute Gasteiger partial charge is 0.0446 e. The fraction of sp³-hybridized carbons (Fsp3) is 0.571. The molecule has 1 aromatic carbocycles. The molecule has 17 heavy (non-hydrogen) atoms. The summed E-state index contributed by atoms with van der Waals surface area (Å²) < 4.78 is 0. The van der Waals surface area contributed by atoms with Gasteiger partial charge in [0.25, 0.3) is 0 Å². The van der Waals surface area contributed by atoms with Crippen molar-refractivity contribution in [1.82, 2.24) is 5.32 Å². The molecule has 2 rings (SSSR count). The minimum Gasteiger partial charge on any atom is -0.314 e. The highest BCUT2D eigenvalue weighted by Crippen LogP contribution is 2.23. The zero-order valence-corrected chi connectivity index (χ0v) is 11.9. The first-order valence-electron chi connectivity index (χ1n) is 6.30. The Kier molecular flexibility index (Phi) is 5.20. The molecule has 1 saturated carbocycles. The first-order valence-corrected chi connectivity index (χ1v) is 7.83. The third-order valence-corrected chi connectivity index (χ3v) is 4.64. The maximum Gasteiger partial charge on any atom is 0.0446 e. The van der Waals surface area contributed by atoms with Crippen LogP contribution in [0.15, 0.2) is 24.3 Å². The maximum atomic E-state index is 6.12. The molecule has 0 aliphatic heterocycles. The Morgan fingerprint density at radius 3 is 2.88 bits per heavy atom. The van der Waals surface area contributed by atoms with Crippen molar-refractivity contribution in [1.29, 1.82) is 0 Å². The SMILES string of the molecule is CC(CNC1CC1)CSCc1ccccc1Cl. The Balaban J connectivity index is 1.62. The van der Waals surface area contributed by atoms with Crippen molar-refractivity contribution in [3.8, 4) is 0 Å². The molecule has 1 nitrogen and oxygen atoms in total. The highest BCUT2D eigenvalue weighted by atomic mass is 35.5. The molecule has 0 spiro atoms. The molecule has 1 aromatic rings. The molecular formula is C14H20ClNS. The predicted molar refractivity (Wildman–Crippen MR) is 77.8 cm³/mol. The van der Waals surface area contributed by atoms with Crippen LogP contribution in [0.1, 0.15) is 25.3 Å². The molecule has 1 atom stereocenters. The Hall–Kier alpha value is -0.180. The zero-order chi connectivity index (χ0) is 12.1. The number of thioether (sulfide) groups is 1. The molecule has 94 valence electrons. The summed E-state index contributed by atoms with van der Waals surface area (Å²) in [5, 5.41) is 4.47. The van der Waals surface area contributed by atoms with E-state index in [1.165, 1.54) is 24.2 Å². The fourth-order valence-electron chi connectivity index (χ4n) is 1.70. The molecule has 0 radical (unpaired) electrons. The van der Waals surface area contributed by atoms with Crippen molar-refractivity contribution in [3.63, 3.8) is 0 Å². The summed E-state index contributed by atoms with van der Waals surface area (Å²) in [5.74, 6) is 2.96. The van der Waals surface area contributed by atoms with Gasteiger partial charge < -0.3 is 5.32 Å². The summed E-state index contributed by atoms with van der Waals surface area (Å²) in [5.41, 5.74) is 1.25. The second kappa shape index (κ2) is 6.67. The average molecular weight is 270 g/mol. The van der Waals surface area contributed by atoms with E-state index in [1.54, 1.807) is 0 Å². The van der Waals surface area contributed by atoms with Gasteiger partial charge in [0.05, 0.1) is 0 Å². The average Bonchev–Trinajstić information content (AvgIpc) is 3.13. The van der Waals surface area contributed by atoms with Crippen molar-refractivity contribution in [2.24, 2.45) is 5.92 Å². The van der Waals surface area contributed by atoms with Crippen molar-refractivity contribution >= 4 is 23.4 Å². The van der Waals surface area contributed by atoms with Gasteiger partial charge in [0.2, 0.25) is 0 Å². The Bertz CT molecular complexity index is 352. The van der Waals surface area contributed by atoms with Crippen molar-refractivity contribution in [2.45, 2.75) is 31.6 Å². The van der Waals surface area contributed by atoms with E-state index >= 15 is 0 Å². The normalized spacial score (nSPS) is 17.1. The lowest BCUT2D eigenvalue weighted by atomic mass is 10.2. The van der Waals surface area contributed by atoms with E-state index in [0.717, 1.165) is 29.3 Å². The maximum absolute atomic E-state index is 6.12. The molecule has 1 fully saturated rings. The van der Waals surface area contributed by atoms with Gasteiger partial charge in [-0.25, -0.2) is 0 Å². The monoisotopic (exact) mass is 269 g/mol. The molecule has 0 saturated heterocycles. The first-order chi connectivity index (χ1) is 8.25. The zero-order valence-electron chi connectivity index (χ0n) is 10.3. The second-order valence-electron chi connectivity index (χ2n) is 4.89. The lowest BCUT2D eigenvalue weighted by molar-refractivity contribution is 0.556. The van der Waals surface area contributed by atoms with Gasteiger partial charge in [0.1, 0.15) is 0 Å². The van der Waals surface area contributed by atoms with E-state index < -0.39 is 0 Å². The van der Waals surface area contributed by atoms with Gasteiger partial charge in [-0.3, -0.25) is 0 Å². The van der Waals surface area contributed by atoms with E-state index in [-0.39, 0.29) is 0 Å². The van der Waals surface area contributed by atoms with Gasteiger partial charge in [-0.05, 0) is 42.7 Å². The summed E-state index contributed by atoms with van der Waals surface area (Å²) in [6.07, 6.45) is 2.75. The summed E-state index contributed by atoms with van der Waals surface area (Å²) >= 11 is 8.10. The van der Waals surface area contributed by atoms with Crippen LogP contribution in [0.4, 0.5) is 0 Å². The van der Waals surface area contributed by atoms with Crippen LogP contribution < -0.4 is 5.32 Å². The van der Waals surface area contributed by atoms with Crippen LogP contribution in [-0.2, 0) is 5.75 Å². The van der Waals surface area contributed by atoms with Gasteiger partial charge in [0.15, 0.2) is 0 Å². The van der Waals surface area contributed by atoms with Crippen LogP contribution in [0.5, 0.6) is 0 Å². The summed E-state index contributed by atoms with van der Waals surface area (Å²) in [4.78, 5) is 0. The predicted octanol–water partition coefficient (Wildman–Crippen LogP) is 3.96. The number of rotatable bonds is 7. The highest BCUT2D eigenvalue weighted by Gasteiger charge is 2.20. The minimum atomic E-state index is 0.739. The van der Waals surface area contributed by atoms with E-state index in [9.17, 15) is 0 Å². The molecule has 0 aromatic heterocycles. The Morgan fingerprint density at radius 2 is 2.18 bits per heavy atom. The number of benzene rings is 1. The van der Waals surface area contributed by atoms with Gasteiger partial charge in [-0.15, -0.1) is 0 Å². The molecule has 0 bridgehead atoms. The van der Waals surface area contributed by atoms with E-state index in [2.05, 4.69) is 24.4 Å². The molecule has 1 unspecified atom stereocenters. The number of hydrogen-bond donors (Lipinski definition) is 1. The number of nitrogens with one attached hydrogen (secondary N) is 1. The van der Waals surface area contributed by atoms with Crippen LogP contribution in [0.2, 0.25) is 5.02 Å². The minimum absolute atomic E-state index is 0.739. The van der Waals surface area contributed by atoms with Gasteiger partial charge >= 0.3 is 0 Å². The van der Waals surface area contributed by atoms with Crippen LogP contribution in [-0.4, -0.2) is 18.3 Å². The third-order valence-electron chi connectivity index (χ3n) is 2.95. The first kappa shape index (κ1) is 13.3. The van der Waals surface area contributed by atoms with Crippen LogP contribution >= 0.6 is 23.4 Å².